The molecule has 0 aromatic carbocycles. The Kier molecular flexibility index (Phi) is 5.31. The fourth-order valence-corrected chi connectivity index (χ4v) is 2.10. The van der Waals surface area contributed by atoms with E-state index in [-0.39, 0.29) is 18.3 Å². The first kappa shape index (κ1) is 17.3. The maximum atomic E-state index is 11.8. The summed E-state index contributed by atoms with van der Waals surface area (Å²) in [4.78, 5) is 26.8. The van der Waals surface area contributed by atoms with Crippen LogP contribution in [0.4, 0.5) is 5.82 Å². The topological polar surface area (TPSA) is 143 Å². The van der Waals surface area contributed by atoms with Gasteiger partial charge in [0, 0.05) is 6.20 Å². The molecule has 1 aliphatic heterocycles. The second-order valence-corrected chi connectivity index (χ2v) is 5.45. The second kappa shape index (κ2) is 7.04. The fraction of sp³-hybridized carbons (Fsp3) is 0.615. The Hall–Kier alpha value is -2.01. The number of hydrogen-bond acceptors (Lipinski definition) is 9. The molecule has 0 aliphatic carbocycles. The molecule has 128 valence electrons. The lowest BCUT2D eigenvalue weighted by atomic mass is 10.1. The smallest absolute Gasteiger partial charge is 0.351 e. The van der Waals surface area contributed by atoms with E-state index in [2.05, 4.69) is 4.98 Å². The van der Waals surface area contributed by atoms with Gasteiger partial charge in [-0.1, -0.05) is 13.8 Å². The van der Waals surface area contributed by atoms with Crippen LogP contribution in [0.2, 0.25) is 0 Å². The summed E-state index contributed by atoms with van der Waals surface area (Å²) in [6, 6.07) is 1.29. The van der Waals surface area contributed by atoms with Crippen LogP contribution < -0.4 is 11.2 Å². The van der Waals surface area contributed by atoms with Crippen LogP contribution in [-0.4, -0.2) is 55.9 Å². The number of carbonyl (C=O) groups excluding carboxylic acids is 1. The molecular formula is C13H19N3O7. The summed E-state index contributed by atoms with van der Waals surface area (Å²) in [5.74, 6) is -0.864. The third-order valence-electron chi connectivity index (χ3n) is 3.42. The maximum absolute atomic E-state index is 11.8. The molecule has 0 unspecified atom stereocenters. The minimum absolute atomic E-state index is 0.0679. The Labute approximate surface area is 131 Å². The average Bonchev–Trinajstić information content (AvgIpc) is 2.80. The number of carbonyl (C=O) groups is 1. The summed E-state index contributed by atoms with van der Waals surface area (Å²) in [6.07, 6.45) is -3.63. The van der Waals surface area contributed by atoms with Crippen molar-refractivity contribution in [2.45, 2.75) is 38.4 Å². The standard InChI is InChI=1S/C13H19N3O7/c1-6(2)12(19)22-5-7-9(17)10(18)11(23-7)16-4-3-8(15-21)14-13(16)20/h3-4,6-7,9-11,17-18,21H,5H2,1-2H3,(H,14,15,20)/t7-,9-,10-,11+/m1/s1. The van der Waals surface area contributed by atoms with E-state index < -0.39 is 36.2 Å². The van der Waals surface area contributed by atoms with Gasteiger partial charge in [-0.2, -0.15) is 4.98 Å². The van der Waals surface area contributed by atoms with Crippen molar-refractivity contribution in [3.05, 3.63) is 22.7 Å². The lowest BCUT2D eigenvalue weighted by Gasteiger charge is -2.17. The summed E-state index contributed by atoms with van der Waals surface area (Å²) in [7, 11) is 0. The highest BCUT2D eigenvalue weighted by atomic mass is 16.6. The predicted molar refractivity (Wildman–Crippen MR) is 75.6 cm³/mol. The highest BCUT2D eigenvalue weighted by Crippen LogP contribution is 2.28. The van der Waals surface area contributed by atoms with Gasteiger partial charge >= 0.3 is 11.7 Å². The maximum Gasteiger partial charge on any atom is 0.351 e. The van der Waals surface area contributed by atoms with Crippen LogP contribution >= 0.6 is 0 Å². The van der Waals surface area contributed by atoms with Crippen LogP contribution in [-0.2, 0) is 14.3 Å². The van der Waals surface area contributed by atoms with Crippen LogP contribution in [0, 0.1) is 5.92 Å². The van der Waals surface area contributed by atoms with E-state index in [1.165, 1.54) is 12.3 Å². The molecule has 0 amide bonds. The number of ether oxygens (including phenoxy) is 2. The van der Waals surface area contributed by atoms with E-state index in [4.69, 9.17) is 14.7 Å². The molecule has 0 spiro atoms. The third kappa shape index (κ3) is 3.67. The number of rotatable bonds is 5. The molecule has 23 heavy (non-hydrogen) atoms. The zero-order chi connectivity index (χ0) is 17.1. The van der Waals surface area contributed by atoms with Crippen molar-refractivity contribution in [2.24, 2.45) is 5.92 Å². The number of nitrogens with one attached hydrogen (secondary N) is 1. The molecule has 1 aromatic heterocycles. The van der Waals surface area contributed by atoms with Crippen molar-refractivity contribution in [3.8, 4) is 0 Å². The van der Waals surface area contributed by atoms with E-state index in [1.54, 1.807) is 19.3 Å². The van der Waals surface area contributed by atoms with Gasteiger partial charge in [-0.3, -0.25) is 20.0 Å². The van der Waals surface area contributed by atoms with Gasteiger partial charge in [-0.25, -0.2) is 4.79 Å². The molecule has 1 aliphatic rings. The quantitative estimate of drug-likeness (QED) is 0.389. The summed E-state index contributed by atoms with van der Waals surface area (Å²) in [5, 5.41) is 28.7. The molecule has 0 radical (unpaired) electrons. The van der Waals surface area contributed by atoms with Gasteiger partial charge in [-0.05, 0) is 6.07 Å². The first-order valence-electron chi connectivity index (χ1n) is 7.02. The Bertz CT molecular complexity index is 618. The molecule has 0 saturated carbocycles. The molecule has 2 heterocycles. The van der Waals surface area contributed by atoms with Crippen LogP contribution in [0.5, 0.6) is 0 Å². The molecule has 0 bridgehead atoms. The van der Waals surface area contributed by atoms with Crippen molar-refractivity contribution in [1.82, 2.24) is 9.55 Å². The van der Waals surface area contributed by atoms with E-state index in [1.807, 2.05) is 0 Å². The number of hydrogen-bond donors (Lipinski definition) is 4. The minimum Gasteiger partial charge on any atom is -0.463 e. The lowest BCUT2D eigenvalue weighted by molar-refractivity contribution is -0.153. The highest BCUT2D eigenvalue weighted by Gasteiger charge is 2.44. The zero-order valence-electron chi connectivity index (χ0n) is 12.6. The minimum atomic E-state index is -1.40. The number of nitrogens with zero attached hydrogens (tertiary/aromatic N) is 2. The molecule has 1 fully saturated rings. The molecule has 1 saturated heterocycles. The molecule has 10 heteroatoms. The normalized spacial score (nSPS) is 27.2. The molecular weight excluding hydrogens is 310 g/mol. The Balaban J connectivity index is 2.10. The SMILES string of the molecule is CC(C)C(=O)OC[C@H]1O[C@H](n2ccc(NO)nc2=O)[C@H](O)[C@@H]1O. The lowest BCUT2D eigenvalue weighted by Crippen LogP contribution is -2.36. The Morgan fingerprint density at radius 2 is 2.17 bits per heavy atom. The first-order chi connectivity index (χ1) is 10.8. The second-order valence-electron chi connectivity index (χ2n) is 5.45. The van der Waals surface area contributed by atoms with Crippen molar-refractivity contribution in [3.63, 3.8) is 0 Å². The summed E-state index contributed by atoms with van der Waals surface area (Å²) in [6.45, 7) is 3.08. The van der Waals surface area contributed by atoms with Crippen molar-refractivity contribution < 1.29 is 29.7 Å². The van der Waals surface area contributed by atoms with E-state index >= 15 is 0 Å². The van der Waals surface area contributed by atoms with Crippen LogP contribution in [0.15, 0.2) is 17.1 Å². The molecule has 10 nitrogen and oxygen atoms in total. The summed E-state index contributed by atoms with van der Waals surface area (Å²) in [5.41, 5.74) is 0.931. The van der Waals surface area contributed by atoms with Gasteiger partial charge in [0.2, 0.25) is 0 Å². The number of esters is 1. The van der Waals surface area contributed by atoms with Gasteiger partial charge < -0.3 is 19.7 Å². The number of anilines is 1. The average molecular weight is 329 g/mol. The number of aromatic nitrogens is 2. The Morgan fingerprint density at radius 1 is 1.48 bits per heavy atom. The first-order valence-corrected chi connectivity index (χ1v) is 7.02. The predicted octanol–water partition coefficient (Wildman–Crippen LogP) is -1.14. The fourth-order valence-electron chi connectivity index (χ4n) is 2.10. The summed E-state index contributed by atoms with van der Waals surface area (Å²) < 4.78 is 11.4. The van der Waals surface area contributed by atoms with Crippen LogP contribution in [0.1, 0.15) is 20.1 Å². The monoisotopic (exact) mass is 329 g/mol. The molecule has 4 atom stereocenters. The highest BCUT2D eigenvalue weighted by molar-refractivity contribution is 5.71. The van der Waals surface area contributed by atoms with Gasteiger partial charge in [0.05, 0.1) is 5.92 Å². The van der Waals surface area contributed by atoms with Gasteiger partial charge in [0.1, 0.15) is 24.9 Å². The van der Waals surface area contributed by atoms with Gasteiger partial charge in [-0.15, -0.1) is 0 Å². The van der Waals surface area contributed by atoms with Crippen molar-refractivity contribution >= 4 is 11.8 Å². The van der Waals surface area contributed by atoms with Crippen LogP contribution in [0.25, 0.3) is 0 Å². The number of aliphatic hydroxyl groups excluding tert-OH is 2. The van der Waals surface area contributed by atoms with Crippen LogP contribution in [0.3, 0.4) is 0 Å². The molecule has 4 N–H and O–H groups in total. The van der Waals surface area contributed by atoms with Crippen molar-refractivity contribution in [1.29, 1.82) is 0 Å². The van der Waals surface area contributed by atoms with Gasteiger partial charge in [0.25, 0.3) is 0 Å². The molecule has 2 rings (SSSR count). The molecule has 1 aromatic rings. The van der Waals surface area contributed by atoms with Gasteiger partial charge in [0.15, 0.2) is 12.0 Å². The zero-order valence-corrected chi connectivity index (χ0v) is 12.6. The largest absolute Gasteiger partial charge is 0.463 e. The van der Waals surface area contributed by atoms with E-state index in [0.717, 1.165) is 4.57 Å². The Morgan fingerprint density at radius 3 is 2.74 bits per heavy atom. The van der Waals surface area contributed by atoms with Crippen molar-refractivity contribution in [2.75, 3.05) is 12.1 Å². The van der Waals surface area contributed by atoms with E-state index in [9.17, 15) is 19.8 Å². The number of aliphatic hydroxyl groups is 2. The van der Waals surface area contributed by atoms with E-state index in [0.29, 0.717) is 0 Å². The third-order valence-corrected chi connectivity index (χ3v) is 3.42. The summed E-state index contributed by atoms with van der Waals surface area (Å²) >= 11 is 0.